The number of nitrogens with one attached hydrogen (secondary N) is 1. The molecule has 0 bridgehead atoms. The number of benzene rings is 2. The van der Waals surface area contributed by atoms with Gasteiger partial charge in [0, 0.05) is 23.1 Å². The van der Waals surface area contributed by atoms with Crippen LogP contribution in [-0.2, 0) is 11.2 Å². The Kier molecular flexibility index (Phi) is 3.46. The Morgan fingerprint density at radius 3 is 2.83 bits per heavy atom. The summed E-state index contributed by atoms with van der Waals surface area (Å²) in [7, 11) is 0. The van der Waals surface area contributed by atoms with Gasteiger partial charge in [-0.2, -0.15) is 0 Å². The molecule has 0 radical (unpaired) electrons. The van der Waals surface area contributed by atoms with Crippen molar-refractivity contribution in [2.24, 2.45) is 0 Å². The first-order valence-electron chi connectivity index (χ1n) is 7.64. The average Bonchev–Trinajstić information content (AvgIpc) is 3.14. The number of hydrogen-bond acceptors (Lipinski definition) is 3. The molecule has 0 fully saturated rings. The van der Waals surface area contributed by atoms with E-state index in [0.717, 1.165) is 33.9 Å². The van der Waals surface area contributed by atoms with Crippen LogP contribution in [0.1, 0.15) is 29.0 Å². The average molecular weight is 320 g/mol. The van der Waals surface area contributed by atoms with Gasteiger partial charge in [0.1, 0.15) is 0 Å². The monoisotopic (exact) mass is 320 g/mol. The molecule has 0 aliphatic carbocycles. The van der Waals surface area contributed by atoms with E-state index in [9.17, 15) is 4.79 Å². The van der Waals surface area contributed by atoms with Crippen LogP contribution in [0.4, 0.5) is 5.69 Å². The summed E-state index contributed by atoms with van der Waals surface area (Å²) >= 11 is 1.68. The molecule has 1 aliphatic heterocycles. The molecule has 3 nitrogen and oxygen atoms in total. The topological polar surface area (TPSA) is 42.0 Å². The van der Waals surface area contributed by atoms with Crippen LogP contribution in [0.2, 0.25) is 0 Å². The number of thiazole rings is 1. The molecular formula is C19H16N2OS. The van der Waals surface area contributed by atoms with Gasteiger partial charge in [0.05, 0.1) is 16.6 Å². The van der Waals surface area contributed by atoms with E-state index in [1.165, 1.54) is 5.56 Å². The van der Waals surface area contributed by atoms with E-state index in [1.54, 1.807) is 11.3 Å². The summed E-state index contributed by atoms with van der Waals surface area (Å²) in [5.74, 6) is -0.0208. The van der Waals surface area contributed by atoms with E-state index in [4.69, 9.17) is 4.98 Å². The minimum atomic E-state index is -0.0904. The summed E-state index contributed by atoms with van der Waals surface area (Å²) in [5.41, 5.74) is 5.31. The van der Waals surface area contributed by atoms with Crippen LogP contribution in [0.25, 0.3) is 11.3 Å². The van der Waals surface area contributed by atoms with Gasteiger partial charge in [-0.15, -0.1) is 11.3 Å². The van der Waals surface area contributed by atoms with E-state index in [2.05, 4.69) is 41.0 Å². The zero-order chi connectivity index (χ0) is 15.8. The number of carbonyl (C=O) groups is 1. The third-order valence-corrected chi connectivity index (χ3v) is 5.06. The van der Waals surface area contributed by atoms with Crippen molar-refractivity contribution in [3.05, 3.63) is 70.0 Å². The predicted octanol–water partition coefficient (Wildman–Crippen LogP) is 4.46. The Hall–Kier alpha value is -2.46. The summed E-state index contributed by atoms with van der Waals surface area (Å²) in [6.45, 7) is 1.94. The van der Waals surface area contributed by atoms with Gasteiger partial charge in [0.15, 0.2) is 0 Å². The maximum absolute atomic E-state index is 11.8. The highest BCUT2D eigenvalue weighted by molar-refractivity contribution is 7.10. The second-order valence-corrected chi connectivity index (χ2v) is 6.74. The van der Waals surface area contributed by atoms with E-state index < -0.39 is 0 Å². The SMILES string of the molecule is CC1C(=O)Nc2ccc(-c3csc(Cc4ccccc4)n3)cc21. The molecule has 1 aromatic heterocycles. The molecule has 1 amide bonds. The Bertz CT molecular complexity index is 870. The Morgan fingerprint density at radius 1 is 1.17 bits per heavy atom. The van der Waals surface area contributed by atoms with Crippen LogP contribution in [0.5, 0.6) is 0 Å². The third-order valence-electron chi connectivity index (χ3n) is 4.21. The normalized spacial score (nSPS) is 16.2. The largest absolute Gasteiger partial charge is 0.325 e. The van der Waals surface area contributed by atoms with Crippen LogP contribution in [0.3, 0.4) is 0 Å². The van der Waals surface area contributed by atoms with Crippen molar-refractivity contribution >= 4 is 22.9 Å². The lowest BCUT2D eigenvalue weighted by Gasteiger charge is -2.04. The molecule has 0 saturated carbocycles. The van der Waals surface area contributed by atoms with Gasteiger partial charge in [-0.25, -0.2) is 4.98 Å². The zero-order valence-corrected chi connectivity index (χ0v) is 13.6. The van der Waals surface area contributed by atoms with Crippen LogP contribution < -0.4 is 5.32 Å². The van der Waals surface area contributed by atoms with Crippen molar-refractivity contribution in [1.82, 2.24) is 4.98 Å². The highest BCUT2D eigenvalue weighted by Crippen LogP contribution is 2.35. The van der Waals surface area contributed by atoms with Gasteiger partial charge in [0.25, 0.3) is 0 Å². The zero-order valence-electron chi connectivity index (χ0n) is 12.7. The second-order valence-electron chi connectivity index (χ2n) is 5.80. The molecule has 1 atom stereocenters. The number of aromatic nitrogens is 1. The third kappa shape index (κ3) is 2.66. The minimum Gasteiger partial charge on any atom is -0.325 e. The standard InChI is InChI=1S/C19H16N2OS/c1-12-15-10-14(7-8-16(15)21-19(12)22)17-11-23-18(20-17)9-13-5-3-2-4-6-13/h2-8,10-12H,9H2,1H3,(H,21,22). The van der Waals surface area contributed by atoms with E-state index in [-0.39, 0.29) is 11.8 Å². The Labute approximate surface area is 139 Å². The van der Waals surface area contributed by atoms with Crippen molar-refractivity contribution in [2.75, 3.05) is 5.32 Å². The summed E-state index contributed by atoms with van der Waals surface area (Å²) in [4.78, 5) is 16.5. The first kappa shape index (κ1) is 14.2. The molecule has 2 heterocycles. The van der Waals surface area contributed by atoms with Crippen molar-refractivity contribution in [2.45, 2.75) is 19.3 Å². The number of carbonyl (C=O) groups excluding carboxylic acids is 1. The number of hydrogen-bond donors (Lipinski definition) is 1. The van der Waals surface area contributed by atoms with Crippen molar-refractivity contribution in [1.29, 1.82) is 0 Å². The predicted molar refractivity (Wildman–Crippen MR) is 93.8 cm³/mol. The summed E-state index contributed by atoms with van der Waals surface area (Å²) in [6.07, 6.45) is 0.854. The summed E-state index contributed by atoms with van der Waals surface area (Å²) in [6, 6.07) is 16.5. The molecule has 1 N–H and O–H groups in total. The maximum atomic E-state index is 11.8. The fraction of sp³-hybridized carbons (Fsp3) is 0.158. The number of anilines is 1. The lowest BCUT2D eigenvalue weighted by Crippen LogP contribution is -2.08. The molecule has 2 aromatic carbocycles. The van der Waals surface area contributed by atoms with Gasteiger partial charge < -0.3 is 5.32 Å². The van der Waals surface area contributed by atoms with Gasteiger partial charge >= 0.3 is 0 Å². The lowest BCUT2D eigenvalue weighted by molar-refractivity contribution is -0.116. The molecule has 23 heavy (non-hydrogen) atoms. The summed E-state index contributed by atoms with van der Waals surface area (Å²) in [5, 5.41) is 6.10. The Morgan fingerprint density at radius 2 is 2.00 bits per heavy atom. The van der Waals surface area contributed by atoms with Crippen LogP contribution in [-0.4, -0.2) is 10.9 Å². The molecule has 114 valence electrons. The number of fused-ring (bicyclic) bond motifs is 1. The van der Waals surface area contributed by atoms with Crippen molar-refractivity contribution < 1.29 is 4.79 Å². The molecule has 4 rings (SSSR count). The van der Waals surface area contributed by atoms with Crippen molar-refractivity contribution in [3.63, 3.8) is 0 Å². The number of rotatable bonds is 3. The van der Waals surface area contributed by atoms with Crippen molar-refractivity contribution in [3.8, 4) is 11.3 Å². The fourth-order valence-electron chi connectivity index (χ4n) is 2.87. The minimum absolute atomic E-state index is 0.0696. The lowest BCUT2D eigenvalue weighted by atomic mass is 9.99. The van der Waals surface area contributed by atoms with E-state index >= 15 is 0 Å². The highest BCUT2D eigenvalue weighted by atomic mass is 32.1. The Balaban J connectivity index is 1.61. The molecule has 0 saturated heterocycles. The van der Waals surface area contributed by atoms with Crippen LogP contribution in [0, 0.1) is 0 Å². The molecule has 3 aromatic rings. The van der Waals surface area contributed by atoms with Gasteiger partial charge in [-0.1, -0.05) is 36.4 Å². The van der Waals surface area contributed by atoms with Gasteiger partial charge in [-0.05, 0) is 30.2 Å². The second kappa shape index (κ2) is 5.63. The molecule has 0 spiro atoms. The maximum Gasteiger partial charge on any atom is 0.231 e. The van der Waals surface area contributed by atoms with E-state index in [0.29, 0.717) is 0 Å². The molecule has 1 aliphatic rings. The first-order valence-corrected chi connectivity index (χ1v) is 8.52. The van der Waals surface area contributed by atoms with Gasteiger partial charge in [0.2, 0.25) is 5.91 Å². The number of amides is 1. The fourth-order valence-corrected chi connectivity index (χ4v) is 3.71. The summed E-state index contributed by atoms with van der Waals surface area (Å²) < 4.78 is 0. The highest BCUT2D eigenvalue weighted by Gasteiger charge is 2.26. The van der Waals surface area contributed by atoms with Gasteiger partial charge in [-0.3, -0.25) is 4.79 Å². The smallest absolute Gasteiger partial charge is 0.231 e. The quantitative estimate of drug-likeness (QED) is 0.774. The number of nitrogens with zero attached hydrogens (tertiary/aromatic N) is 1. The van der Waals surface area contributed by atoms with Crippen LogP contribution in [0.15, 0.2) is 53.9 Å². The van der Waals surface area contributed by atoms with Crippen LogP contribution >= 0.6 is 11.3 Å². The molecule has 4 heteroatoms. The first-order chi connectivity index (χ1) is 11.2. The molecular weight excluding hydrogens is 304 g/mol. The molecule has 1 unspecified atom stereocenters. The van der Waals surface area contributed by atoms with E-state index in [1.807, 2.05) is 25.1 Å².